The summed E-state index contributed by atoms with van der Waals surface area (Å²) in [5.74, 6) is -12.1. The van der Waals surface area contributed by atoms with Crippen LogP contribution in [0.2, 0.25) is 0 Å². The molecule has 3 aromatic carbocycles. The molecule has 0 saturated heterocycles. The van der Waals surface area contributed by atoms with Crippen molar-refractivity contribution in [2.75, 3.05) is 18.6 Å². The highest BCUT2D eigenvalue weighted by Crippen LogP contribution is 2.20. The molecule has 3 aromatic heterocycles. The maximum absolute atomic E-state index is 14.5. The van der Waals surface area contributed by atoms with Crippen LogP contribution < -0.4 is 59.3 Å². The highest BCUT2D eigenvalue weighted by molar-refractivity contribution is 7.98. The van der Waals surface area contributed by atoms with Gasteiger partial charge in [0.2, 0.25) is 59.1 Å². The summed E-state index contributed by atoms with van der Waals surface area (Å²) >= 11 is 1.30. The van der Waals surface area contributed by atoms with Gasteiger partial charge in [0.15, 0.2) is 0 Å². The van der Waals surface area contributed by atoms with Crippen LogP contribution in [0.1, 0.15) is 60.7 Å². The topological polar surface area (TPSA) is 499 Å². The molecule has 0 radical (unpaired) electrons. The first-order valence-corrected chi connectivity index (χ1v) is 30.3. The highest BCUT2D eigenvalue weighted by atomic mass is 32.2. The number of para-hydroxylation sites is 1. The molecule has 9 atom stereocenters. The van der Waals surface area contributed by atoms with Gasteiger partial charge in [-0.1, -0.05) is 60.7 Å². The third kappa shape index (κ3) is 22.4. The zero-order valence-electron chi connectivity index (χ0n) is 50.1. The van der Waals surface area contributed by atoms with Crippen molar-refractivity contribution in [2.45, 2.75) is 119 Å². The van der Waals surface area contributed by atoms with E-state index in [0.29, 0.717) is 39.0 Å². The number of amides is 10. The number of hydrogen-bond donors (Lipinski definition) is 17. The SMILES string of the molecule is CSCC[C@H](NC(=O)[C@H](Cc1c[nH]c2ccccc12)NC(=O)CNC(=O)[C@H](Cc1ccc(O)cc1)NC(=O)[C@H](C)NC(=O)[C@H](CCC(=O)O)NC(=O)[C@H](Cc1cnc[nH]1)NC(=O)[C@@H](N)Cc1cnc[nH]1)C(=O)N[C@@H](CC(=O)O)C(=O)N[C@@H](Cc1ccccc1)C(N)=O. The van der Waals surface area contributed by atoms with Crippen molar-refractivity contribution in [3.05, 3.63) is 138 Å². The molecule has 10 amide bonds. The smallest absolute Gasteiger partial charge is 0.305 e. The fourth-order valence-electron chi connectivity index (χ4n) is 9.44. The van der Waals surface area contributed by atoms with Crippen LogP contribution in [0.4, 0.5) is 0 Å². The van der Waals surface area contributed by atoms with Crippen LogP contribution in [0, 0.1) is 0 Å². The second-order valence-electron chi connectivity index (χ2n) is 21.4. The van der Waals surface area contributed by atoms with Gasteiger partial charge in [-0.2, -0.15) is 11.8 Å². The molecule has 0 aliphatic heterocycles. The molecule has 0 spiro atoms. The zero-order valence-corrected chi connectivity index (χ0v) is 50.9. The monoisotopic (exact) mass is 1290 g/mol. The minimum absolute atomic E-state index is 0.0210. The number of hydrogen-bond acceptors (Lipinski definition) is 17. The van der Waals surface area contributed by atoms with Gasteiger partial charge in [-0.05, 0) is 66.7 Å². The summed E-state index contributed by atoms with van der Waals surface area (Å²) in [6.45, 7) is 0.426. The van der Waals surface area contributed by atoms with Gasteiger partial charge in [0.05, 0.1) is 31.7 Å². The lowest BCUT2D eigenvalue weighted by Gasteiger charge is -2.26. The normalized spacial score (nSPS) is 14.0. The number of phenolic OH excluding ortho intramolecular Hbond substituents is 1. The molecule has 0 fully saturated rings. The summed E-state index contributed by atoms with van der Waals surface area (Å²) in [7, 11) is 0. The van der Waals surface area contributed by atoms with E-state index in [2.05, 4.69) is 72.8 Å². The number of carboxylic acid groups (broad SMARTS) is 2. The fraction of sp³-hybridized carbons (Fsp3) is 0.367. The second-order valence-corrected chi connectivity index (χ2v) is 22.4. The molecule has 6 rings (SSSR count). The molecule has 0 saturated carbocycles. The standard InChI is InChI=1S/C60H74N16O15S/c1-32(69-56(87)42(16-17-50(79)80)71-59(90)47(24-37-28-64-31-68-37)75-54(85)40(61)23-36-27-63-30-67-36)53(84)74-45(21-34-12-14-38(77)15-13-34)55(86)66-29-49(78)70-46(22-35-26-65-41-11-7-6-10-39(35)41)58(89)72-43(18-19-92-2)57(88)76-48(25-51(81)82)60(91)73-44(52(62)83)20-33-8-4-3-5-9-33/h3-15,26-28,30-32,40,42-48,65,77H,16-25,29,61H2,1-2H3,(H2,62,83)(H,63,67)(H,64,68)(H,66,86)(H,69,87)(H,70,78)(H,71,90)(H,72,89)(H,73,91)(H,74,84)(H,75,85)(H,76,88)(H,79,80)(H,81,82)/t32-,40-,42-,43-,44-,45-,46-,47-,48-/m0/s1. The van der Waals surface area contributed by atoms with Crippen LogP contribution in [0.15, 0.2) is 110 Å². The summed E-state index contributed by atoms with van der Waals surface area (Å²) in [6, 6.07) is 8.03. The summed E-state index contributed by atoms with van der Waals surface area (Å²) in [5, 5.41) is 52.5. The first-order chi connectivity index (χ1) is 44.0. The zero-order chi connectivity index (χ0) is 66.9. The highest BCUT2D eigenvalue weighted by Gasteiger charge is 2.35. The molecule has 0 aliphatic carbocycles. The maximum Gasteiger partial charge on any atom is 0.305 e. The number of H-pyrrole nitrogens is 3. The average molecular weight is 1290 g/mol. The Hall–Kier alpha value is -10.6. The van der Waals surface area contributed by atoms with Crippen molar-refractivity contribution in [2.24, 2.45) is 11.5 Å². The Morgan fingerprint density at radius 1 is 0.533 bits per heavy atom. The molecule has 0 unspecified atom stereocenters. The Labute approximate surface area is 530 Å². The quantitative estimate of drug-likeness (QED) is 0.0196. The Morgan fingerprint density at radius 3 is 1.67 bits per heavy atom. The van der Waals surface area contributed by atoms with Gasteiger partial charge in [0.1, 0.15) is 54.1 Å². The molecular weight excluding hydrogens is 1220 g/mol. The number of thioether (sulfide) groups is 1. The Balaban J connectivity index is 1.15. The van der Waals surface area contributed by atoms with Gasteiger partial charge < -0.3 is 89.6 Å². The van der Waals surface area contributed by atoms with E-state index < -0.39 is 151 Å². The molecule has 0 aliphatic rings. The van der Waals surface area contributed by atoms with Gasteiger partial charge >= 0.3 is 11.9 Å². The number of nitrogens with one attached hydrogen (secondary N) is 12. The van der Waals surface area contributed by atoms with Gasteiger partial charge in [0.25, 0.3) is 0 Å². The number of primary amides is 1. The first-order valence-electron chi connectivity index (χ1n) is 28.9. The molecular formula is C60H74N16O15S. The lowest BCUT2D eigenvalue weighted by molar-refractivity contribution is -0.141. The van der Waals surface area contributed by atoms with Crippen molar-refractivity contribution in [1.29, 1.82) is 0 Å². The third-order valence-corrected chi connectivity index (χ3v) is 15.0. The number of aliphatic carboxylic acids is 2. The minimum atomic E-state index is -1.76. The predicted octanol–water partition coefficient (Wildman–Crippen LogP) is -2.25. The molecule has 31 nitrogen and oxygen atoms in total. The minimum Gasteiger partial charge on any atom is -0.508 e. The Bertz CT molecular complexity index is 3520. The fourth-order valence-corrected chi connectivity index (χ4v) is 9.91. The summed E-state index contributed by atoms with van der Waals surface area (Å²) < 4.78 is 0. The van der Waals surface area contributed by atoms with E-state index >= 15 is 0 Å². The van der Waals surface area contributed by atoms with Crippen LogP contribution in [-0.4, -0.2) is 184 Å². The number of aromatic hydroxyl groups is 1. The van der Waals surface area contributed by atoms with E-state index in [0.717, 1.165) is 0 Å². The van der Waals surface area contributed by atoms with Crippen molar-refractivity contribution >= 4 is 93.7 Å². The number of nitrogens with zero attached hydrogens (tertiary/aromatic N) is 2. The Kier molecular flexibility index (Phi) is 26.8. The van der Waals surface area contributed by atoms with Crippen LogP contribution in [-0.2, 0) is 89.6 Å². The number of benzene rings is 3. The maximum atomic E-state index is 14.5. The molecule has 92 heavy (non-hydrogen) atoms. The van der Waals surface area contributed by atoms with E-state index in [1.807, 2.05) is 0 Å². The van der Waals surface area contributed by atoms with Crippen molar-refractivity contribution in [1.82, 2.24) is 72.8 Å². The average Bonchev–Trinajstić information content (AvgIpc) is 1.70. The molecule has 6 aromatic rings. The number of rotatable bonds is 37. The number of aromatic amines is 3. The van der Waals surface area contributed by atoms with Gasteiger partial charge in [-0.3, -0.25) is 57.5 Å². The summed E-state index contributed by atoms with van der Waals surface area (Å²) in [4.78, 5) is 178. The van der Waals surface area contributed by atoms with Crippen LogP contribution in [0.3, 0.4) is 0 Å². The molecule has 3 heterocycles. The van der Waals surface area contributed by atoms with Crippen LogP contribution in [0.25, 0.3) is 10.9 Å². The number of imidazole rings is 2. The number of phenols is 1. The van der Waals surface area contributed by atoms with Gasteiger partial charge in [-0.15, -0.1) is 0 Å². The third-order valence-electron chi connectivity index (χ3n) is 14.4. The van der Waals surface area contributed by atoms with Gasteiger partial charge in [-0.25, -0.2) is 9.97 Å². The Morgan fingerprint density at radius 2 is 1.05 bits per heavy atom. The van der Waals surface area contributed by atoms with Crippen molar-refractivity contribution in [3.8, 4) is 5.75 Å². The number of carbonyl (C=O) groups excluding carboxylic acids is 10. The number of fused-ring (bicyclic) bond motifs is 1. The molecule has 32 heteroatoms. The largest absolute Gasteiger partial charge is 0.508 e. The lowest BCUT2D eigenvalue weighted by atomic mass is 10.0. The van der Waals surface area contributed by atoms with E-state index in [-0.39, 0.29) is 50.0 Å². The van der Waals surface area contributed by atoms with Crippen molar-refractivity contribution in [3.63, 3.8) is 0 Å². The van der Waals surface area contributed by atoms with E-state index in [1.54, 1.807) is 67.0 Å². The predicted molar refractivity (Wildman–Crippen MR) is 332 cm³/mol. The molecule has 19 N–H and O–H groups in total. The lowest BCUT2D eigenvalue weighted by Crippen LogP contribution is -2.59. The van der Waals surface area contributed by atoms with E-state index in [9.17, 15) is 72.9 Å². The van der Waals surface area contributed by atoms with E-state index in [1.165, 1.54) is 68.0 Å². The molecule has 0 bridgehead atoms. The summed E-state index contributed by atoms with van der Waals surface area (Å²) in [6.07, 6.45) is 6.18. The number of aromatic nitrogens is 5. The van der Waals surface area contributed by atoms with Crippen molar-refractivity contribution < 1.29 is 72.9 Å². The van der Waals surface area contributed by atoms with Crippen LogP contribution in [0.5, 0.6) is 5.75 Å². The van der Waals surface area contributed by atoms with Crippen LogP contribution >= 0.6 is 11.8 Å². The first kappa shape index (κ1) is 70.5. The molecule has 490 valence electrons. The second kappa shape index (κ2) is 34.9. The van der Waals surface area contributed by atoms with Gasteiger partial charge in [0, 0.05) is 79.4 Å². The number of carbonyl (C=O) groups is 12. The van der Waals surface area contributed by atoms with E-state index in [4.69, 9.17) is 11.5 Å². The number of nitrogens with two attached hydrogens (primary N) is 2. The number of carboxylic acids is 2. The summed E-state index contributed by atoms with van der Waals surface area (Å²) in [5.41, 5.74) is 14.9.